The van der Waals surface area contributed by atoms with Crippen molar-refractivity contribution in [3.05, 3.63) is 41.6 Å². The number of aromatic nitrogens is 2. The van der Waals surface area contributed by atoms with Gasteiger partial charge in [0.1, 0.15) is 0 Å². The average molecular weight is 244 g/mol. The molecule has 4 heteroatoms. The summed E-state index contributed by atoms with van der Waals surface area (Å²) in [4.78, 5) is 11.1. The van der Waals surface area contributed by atoms with E-state index in [0.29, 0.717) is 17.1 Å². The Morgan fingerprint density at radius 1 is 1.28 bits per heavy atom. The van der Waals surface area contributed by atoms with E-state index in [9.17, 15) is 4.79 Å². The molecule has 2 rings (SSSR count). The lowest BCUT2D eigenvalue weighted by molar-refractivity contribution is 0.111. The van der Waals surface area contributed by atoms with Crippen molar-refractivity contribution in [1.29, 1.82) is 0 Å². The van der Waals surface area contributed by atoms with E-state index >= 15 is 0 Å². The van der Waals surface area contributed by atoms with Crippen LogP contribution in [-0.4, -0.2) is 22.2 Å². The van der Waals surface area contributed by atoms with Crippen LogP contribution in [0.5, 0.6) is 5.88 Å². The SMILES string of the molecule is Cc1nn(-c2ccccc2)c(OC(C)C)c1C=O. The zero-order chi connectivity index (χ0) is 13.1. The number of aryl methyl sites for hydroxylation is 1. The molecule has 1 aromatic heterocycles. The van der Waals surface area contributed by atoms with E-state index in [1.165, 1.54) is 0 Å². The summed E-state index contributed by atoms with van der Waals surface area (Å²) < 4.78 is 7.38. The molecule has 0 radical (unpaired) electrons. The molecule has 4 nitrogen and oxygen atoms in total. The number of rotatable bonds is 4. The Bertz CT molecular complexity index is 544. The summed E-state index contributed by atoms with van der Waals surface area (Å²) in [5.41, 5.74) is 2.06. The van der Waals surface area contributed by atoms with Crippen LogP contribution >= 0.6 is 0 Å². The molecule has 0 N–H and O–H groups in total. The quantitative estimate of drug-likeness (QED) is 0.777. The number of benzene rings is 1. The van der Waals surface area contributed by atoms with E-state index in [-0.39, 0.29) is 6.10 Å². The van der Waals surface area contributed by atoms with Gasteiger partial charge in [0.25, 0.3) is 0 Å². The maximum atomic E-state index is 11.1. The topological polar surface area (TPSA) is 44.1 Å². The van der Waals surface area contributed by atoms with Crippen LogP contribution in [0.2, 0.25) is 0 Å². The van der Waals surface area contributed by atoms with Gasteiger partial charge in [-0.05, 0) is 32.9 Å². The van der Waals surface area contributed by atoms with Crippen molar-refractivity contribution in [3.8, 4) is 11.6 Å². The normalized spacial score (nSPS) is 10.7. The first-order valence-corrected chi connectivity index (χ1v) is 5.90. The second-order valence-corrected chi connectivity index (χ2v) is 4.34. The third-order valence-corrected chi connectivity index (χ3v) is 2.53. The van der Waals surface area contributed by atoms with E-state index in [4.69, 9.17) is 4.74 Å². The Kier molecular flexibility index (Phi) is 3.46. The van der Waals surface area contributed by atoms with Crippen LogP contribution in [0, 0.1) is 6.92 Å². The lowest BCUT2D eigenvalue weighted by atomic mass is 10.3. The first-order chi connectivity index (χ1) is 8.63. The van der Waals surface area contributed by atoms with Crippen molar-refractivity contribution in [2.24, 2.45) is 0 Å². The maximum Gasteiger partial charge on any atom is 0.228 e. The van der Waals surface area contributed by atoms with E-state index in [0.717, 1.165) is 12.0 Å². The minimum Gasteiger partial charge on any atom is -0.474 e. The Balaban J connectivity index is 2.56. The van der Waals surface area contributed by atoms with Gasteiger partial charge >= 0.3 is 0 Å². The molecule has 0 fully saturated rings. The molecule has 0 amide bonds. The van der Waals surface area contributed by atoms with Crippen LogP contribution < -0.4 is 4.74 Å². The van der Waals surface area contributed by atoms with E-state index in [2.05, 4.69) is 5.10 Å². The zero-order valence-corrected chi connectivity index (χ0v) is 10.8. The summed E-state index contributed by atoms with van der Waals surface area (Å²) in [6, 6.07) is 9.63. The molecule has 0 saturated heterocycles. The first kappa shape index (κ1) is 12.4. The van der Waals surface area contributed by atoms with Gasteiger partial charge in [-0.15, -0.1) is 0 Å². The van der Waals surface area contributed by atoms with Crippen LogP contribution in [0.25, 0.3) is 5.69 Å². The highest BCUT2D eigenvalue weighted by Crippen LogP contribution is 2.25. The largest absolute Gasteiger partial charge is 0.474 e. The molecule has 0 spiro atoms. The molecule has 1 heterocycles. The Hall–Kier alpha value is -2.10. The molecule has 1 aromatic carbocycles. The predicted molar refractivity (Wildman–Crippen MR) is 69.5 cm³/mol. The minimum absolute atomic E-state index is 0.0118. The summed E-state index contributed by atoms with van der Waals surface area (Å²) >= 11 is 0. The van der Waals surface area contributed by atoms with Crippen molar-refractivity contribution in [3.63, 3.8) is 0 Å². The fourth-order valence-corrected chi connectivity index (χ4v) is 1.73. The van der Waals surface area contributed by atoms with Gasteiger partial charge in [0.05, 0.1) is 23.0 Å². The number of hydrogen-bond donors (Lipinski definition) is 0. The van der Waals surface area contributed by atoms with Crippen molar-refractivity contribution in [2.45, 2.75) is 26.9 Å². The average Bonchev–Trinajstić information content (AvgIpc) is 2.66. The molecule has 0 aliphatic rings. The van der Waals surface area contributed by atoms with Crippen LogP contribution in [0.3, 0.4) is 0 Å². The molecule has 94 valence electrons. The lowest BCUT2D eigenvalue weighted by Crippen LogP contribution is -2.11. The Morgan fingerprint density at radius 3 is 2.50 bits per heavy atom. The summed E-state index contributed by atoms with van der Waals surface area (Å²) in [7, 11) is 0. The van der Waals surface area contributed by atoms with Gasteiger partial charge in [0.2, 0.25) is 5.88 Å². The highest BCUT2D eigenvalue weighted by Gasteiger charge is 2.18. The van der Waals surface area contributed by atoms with Crippen LogP contribution in [-0.2, 0) is 0 Å². The standard InChI is InChI=1S/C14H16N2O2/c1-10(2)18-14-13(9-17)11(3)15-16(14)12-7-5-4-6-8-12/h4-10H,1-3H3. The third-order valence-electron chi connectivity index (χ3n) is 2.53. The predicted octanol–water partition coefficient (Wildman–Crippen LogP) is 2.78. The number of hydrogen-bond acceptors (Lipinski definition) is 3. The van der Waals surface area contributed by atoms with E-state index < -0.39 is 0 Å². The lowest BCUT2D eigenvalue weighted by Gasteiger charge is -2.12. The first-order valence-electron chi connectivity index (χ1n) is 5.90. The summed E-state index contributed by atoms with van der Waals surface area (Å²) in [6.45, 7) is 5.65. The van der Waals surface area contributed by atoms with Gasteiger partial charge in [0.15, 0.2) is 6.29 Å². The van der Waals surface area contributed by atoms with Crippen molar-refractivity contribution < 1.29 is 9.53 Å². The van der Waals surface area contributed by atoms with Crippen LogP contribution in [0.1, 0.15) is 29.9 Å². The fraction of sp³-hybridized carbons (Fsp3) is 0.286. The highest BCUT2D eigenvalue weighted by atomic mass is 16.5. The smallest absolute Gasteiger partial charge is 0.228 e. The Morgan fingerprint density at radius 2 is 1.94 bits per heavy atom. The van der Waals surface area contributed by atoms with Crippen LogP contribution in [0.4, 0.5) is 0 Å². The molecular formula is C14H16N2O2. The monoisotopic (exact) mass is 244 g/mol. The van der Waals surface area contributed by atoms with Gasteiger partial charge in [0, 0.05) is 0 Å². The Labute approximate surface area is 106 Å². The second kappa shape index (κ2) is 5.04. The number of nitrogens with zero attached hydrogens (tertiary/aromatic N) is 2. The van der Waals surface area contributed by atoms with Gasteiger partial charge in [-0.3, -0.25) is 4.79 Å². The molecule has 0 aliphatic heterocycles. The van der Waals surface area contributed by atoms with Gasteiger partial charge in [-0.1, -0.05) is 18.2 Å². The molecule has 18 heavy (non-hydrogen) atoms. The van der Waals surface area contributed by atoms with Crippen molar-refractivity contribution >= 4 is 6.29 Å². The maximum absolute atomic E-state index is 11.1. The third kappa shape index (κ3) is 2.27. The molecule has 0 aliphatic carbocycles. The number of carbonyl (C=O) groups excluding carboxylic acids is 1. The van der Waals surface area contributed by atoms with Gasteiger partial charge in [-0.2, -0.15) is 5.10 Å². The fourth-order valence-electron chi connectivity index (χ4n) is 1.73. The molecule has 0 bridgehead atoms. The van der Waals surface area contributed by atoms with E-state index in [1.807, 2.05) is 44.2 Å². The van der Waals surface area contributed by atoms with Crippen molar-refractivity contribution in [1.82, 2.24) is 9.78 Å². The number of carbonyl (C=O) groups is 1. The second-order valence-electron chi connectivity index (χ2n) is 4.34. The molecule has 0 atom stereocenters. The van der Waals surface area contributed by atoms with E-state index in [1.54, 1.807) is 11.6 Å². The number of aldehydes is 1. The number of ether oxygens (including phenoxy) is 1. The minimum atomic E-state index is -0.0118. The van der Waals surface area contributed by atoms with Crippen molar-refractivity contribution in [2.75, 3.05) is 0 Å². The molecule has 0 saturated carbocycles. The van der Waals surface area contributed by atoms with Gasteiger partial charge < -0.3 is 4.74 Å². The summed E-state index contributed by atoms with van der Waals surface area (Å²) in [5.74, 6) is 0.503. The van der Waals surface area contributed by atoms with Gasteiger partial charge in [-0.25, -0.2) is 4.68 Å². The molecule has 0 unspecified atom stereocenters. The molecular weight excluding hydrogens is 228 g/mol. The highest BCUT2D eigenvalue weighted by molar-refractivity contribution is 5.80. The summed E-state index contributed by atoms with van der Waals surface area (Å²) in [6.07, 6.45) is 0.779. The summed E-state index contributed by atoms with van der Waals surface area (Å²) in [5, 5.41) is 4.37. The molecule has 2 aromatic rings. The van der Waals surface area contributed by atoms with Crippen LogP contribution in [0.15, 0.2) is 30.3 Å². The zero-order valence-electron chi connectivity index (χ0n) is 10.8. The number of para-hydroxylation sites is 1.